The molecule has 0 saturated carbocycles. The standard InChI is InChI=1S/C24H19ClF3N3O3/c25-18-6-5-14(13-17(18)24(26,27)28)23-29-19-20(31(23)8-7-30-9-11-34-12-10-30)22(33)16-4-2-1-3-15(16)21(19)32/h1-6,13H,7-12H2. The molecule has 2 aliphatic rings. The maximum atomic E-state index is 13.5. The van der Waals surface area contributed by atoms with Crippen LogP contribution in [0.25, 0.3) is 11.4 Å². The highest BCUT2D eigenvalue weighted by Gasteiger charge is 2.37. The lowest BCUT2D eigenvalue weighted by Gasteiger charge is -2.27. The van der Waals surface area contributed by atoms with E-state index < -0.39 is 22.5 Å². The number of hydrogen-bond acceptors (Lipinski definition) is 5. The average Bonchev–Trinajstić information content (AvgIpc) is 3.21. The van der Waals surface area contributed by atoms with Crippen molar-refractivity contribution in [1.29, 1.82) is 0 Å². The van der Waals surface area contributed by atoms with Gasteiger partial charge in [0.05, 0.1) is 23.8 Å². The molecule has 34 heavy (non-hydrogen) atoms. The van der Waals surface area contributed by atoms with Crippen LogP contribution in [0.1, 0.15) is 37.7 Å². The van der Waals surface area contributed by atoms with Gasteiger partial charge >= 0.3 is 6.18 Å². The van der Waals surface area contributed by atoms with Crippen LogP contribution in [0.15, 0.2) is 42.5 Å². The van der Waals surface area contributed by atoms with Gasteiger partial charge in [-0.05, 0) is 18.2 Å². The molecule has 1 aliphatic heterocycles. The summed E-state index contributed by atoms with van der Waals surface area (Å²) in [6, 6.07) is 9.91. The molecule has 1 fully saturated rings. The molecule has 176 valence electrons. The minimum Gasteiger partial charge on any atom is -0.379 e. The number of ketones is 2. The van der Waals surface area contributed by atoms with Gasteiger partial charge in [0.15, 0.2) is 0 Å². The summed E-state index contributed by atoms with van der Waals surface area (Å²) < 4.78 is 47.5. The van der Waals surface area contributed by atoms with E-state index in [0.29, 0.717) is 32.8 Å². The smallest absolute Gasteiger partial charge is 0.379 e. The second-order valence-electron chi connectivity index (χ2n) is 8.13. The van der Waals surface area contributed by atoms with Crippen molar-refractivity contribution in [2.45, 2.75) is 12.7 Å². The van der Waals surface area contributed by atoms with E-state index in [4.69, 9.17) is 16.3 Å². The van der Waals surface area contributed by atoms with Crippen LogP contribution in [0.2, 0.25) is 5.02 Å². The number of rotatable bonds is 4. The fourth-order valence-corrected chi connectivity index (χ4v) is 4.59. The van der Waals surface area contributed by atoms with E-state index in [2.05, 4.69) is 9.88 Å². The minimum atomic E-state index is -4.67. The van der Waals surface area contributed by atoms with Crippen molar-refractivity contribution >= 4 is 23.2 Å². The first kappa shape index (κ1) is 22.8. The number of morpholine rings is 1. The van der Waals surface area contributed by atoms with Crippen LogP contribution in [0, 0.1) is 0 Å². The Bertz CT molecular complexity index is 1300. The number of carbonyl (C=O) groups is 2. The fraction of sp³-hybridized carbons (Fsp3) is 0.292. The zero-order chi connectivity index (χ0) is 24.0. The van der Waals surface area contributed by atoms with E-state index in [9.17, 15) is 22.8 Å². The fourth-order valence-electron chi connectivity index (χ4n) is 4.36. The van der Waals surface area contributed by atoms with Crippen molar-refractivity contribution in [3.05, 3.63) is 75.6 Å². The summed E-state index contributed by atoms with van der Waals surface area (Å²) in [6.45, 7) is 3.32. The molecule has 0 spiro atoms. The van der Waals surface area contributed by atoms with Gasteiger partial charge in [0.2, 0.25) is 11.6 Å². The number of halogens is 4. The number of hydrogen-bond donors (Lipinski definition) is 0. The Morgan fingerprint density at radius 3 is 2.32 bits per heavy atom. The Kier molecular flexibility index (Phi) is 5.79. The number of carbonyl (C=O) groups excluding carboxylic acids is 2. The Morgan fingerprint density at radius 1 is 0.971 bits per heavy atom. The van der Waals surface area contributed by atoms with Crippen molar-refractivity contribution in [2.24, 2.45) is 0 Å². The van der Waals surface area contributed by atoms with Gasteiger partial charge in [0, 0.05) is 42.9 Å². The zero-order valence-corrected chi connectivity index (χ0v) is 18.6. The lowest BCUT2D eigenvalue weighted by atomic mass is 9.90. The molecule has 1 aliphatic carbocycles. The molecule has 10 heteroatoms. The number of ether oxygens (including phenoxy) is 1. The molecule has 0 N–H and O–H groups in total. The molecule has 0 atom stereocenters. The number of fused-ring (bicyclic) bond motifs is 2. The first-order valence-electron chi connectivity index (χ1n) is 10.7. The molecule has 0 unspecified atom stereocenters. The highest BCUT2D eigenvalue weighted by Crippen LogP contribution is 2.38. The predicted molar refractivity (Wildman–Crippen MR) is 118 cm³/mol. The summed E-state index contributed by atoms with van der Waals surface area (Å²) in [7, 11) is 0. The van der Waals surface area contributed by atoms with Crippen LogP contribution in [0.4, 0.5) is 13.2 Å². The second kappa shape index (κ2) is 8.65. The number of imidazole rings is 1. The molecule has 1 aromatic heterocycles. The predicted octanol–water partition coefficient (Wildman–Crippen LogP) is 4.33. The van der Waals surface area contributed by atoms with Crippen molar-refractivity contribution in [3.8, 4) is 11.4 Å². The Labute approximate surface area is 197 Å². The third kappa shape index (κ3) is 3.93. The topological polar surface area (TPSA) is 64.4 Å². The summed E-state index contributed by atoms with van der Waals surface area (Å²) in [6.07, 6.45) is -4.67. The third-order valence-electron chi connectivity index (χ3n) is 6.09. The Hall–Kier alpha value is -3.01. The van der Waals surface area contributed by atoms with E-state index in [1.807, 2.05) is 0 Å². The SMILES string of the molecule is O=C1c2ccccc2C(=O)c2c1nc(-c1ccc(Cl)c(C(F)(F)F)c1)n2CCN1CCOCC1. The summed E-state index contributed by atoms with van der Waals surface area (Å²) in [5.41, 5.74) is -0.353. The van der Waals surface area contributed by atoms with Crippen LogP contribution in [-0.4, -0.2) is 58.9 Å². The number of benzene rings is 2. The molecular weight excluding hydrogens is 471 g/mol. The molecule has 1 saturated heterocycles. The molecule has 0 bridgehead atoms. The number of nitrogens with zero attached hydrogens (tertiary/aromatic N) is 3. The number of aromatic nitrogens is 2. The normalized spacial score (nSPS) is 16.5. The first-order chi connectivity index (χ1) is 16.3. The molecule has 2 heterocycles. The highest BCUT2D eigenvalue weighted by molar-refractivity contribution is 6.31. The molecule has 0 amide bonds. The molecule has 0 radical (unpaired) electrons. The van der Waals surface area contributed by atoms with Gasteiger partial charge in [-0.1, -0.05) is 35.9 Å². The van der Waals surface area contributed by atoms with Crippen LogP contribution in [0.3, 0.4) is 0 Å². The van der Waals surface area contributed by atoms with Crippen LogP contribution >= 0.6 is 11.6 Å². The van der Waals surface area contributed by atoms with E-state index in [-0.39, 0.29) is 46.2 Å². The van der Waals surface area contributed by atoms with E-state index in [0.717, 1.165) is 12.1 Å². The molecule has 6 nitrogen and oxygen atoms in total. The number of alkyl halides is 3. The highest BCUT2D eigenvalue weighted by atomic mass is 35.5. The summed E-state index contributed by atoms with van der Waals surface area (Å²) in [4.78, 5) is 33.1. The third-order valence-corrected chi connectivity index (χ3v) is 6.42. The minimum absolute atomic E-state index is 0.0517. The van der Waals surface area contributed by atoms with Crippen LogP contribution in [-0.2, 0) is 17.5 Å². The summed E-state index contributed by atoms with van der Waals surface area (Å²) in [5, 5.41) is -0.438. The monoisotopic (exact) mass is 489 g/mol. The first-order valence-corrected chi connectivity index (χ1v) is 11.1. The van der Waals surface area contributed by atoms with E-state index in [1.165, 1.54) is 6.07 Å². The molecule has 3 aromatic rings. The van der Waals surface area contributed by atoms with Crippen molar-refractivity contribution in [2.75, 3.05) is 32.8 Å². The lowest BCUT2D eigenvalue weighted by molar-refractivity contribution is -0.137. The van der Waals surface area contributed by atoms with Crippen LogP contribution < -0.4 is 0 Å². The largest absolute Gasteiger partial charge is 0.417 e. The van der Waals surface area contributed by atoms with Crippen molar-refractivity contribution in [3.63, 3.8) is 0 Å². The van der Waals surface area contributed by atoms with Crippen LogP contribution in [0.5, 0.6) is 0 Å². The second-order valence-corrected chi connectivity index (χ2v) is 8.54. The van der Waals surface area contributed by atoms with E-state index in [1.54, 1.807) is 28.8 Å². The van der Waals surface area contributed by atoms with Gasteiger partial charge in [0.1, 0.15) is 17.2 Å². The van der Waals surface area contributed by atoms with E-state index >= 15 is 0 Å². The van der Waals surface area contributed by atoms with Gasteiger partial charge in [-0.15, -0.1) is 0 Å². The van der Waals surface area contributed by atoms with Crippen molar-refractivity contribution < 1.29 is 27.5 Å². The Balaban J connectivity index is 1.65. The van der Waals surface area contributed by atoms with Crippen molar-refractivity contribution in [1.82, 2.24) is 14.5 Å². The Morgan fingerprint density at radius 2 is 1.65 bits per heavy atom. The average molecular weight is 490 g/mol. The van der Waals surface area contributed by atoms with Gasteiger partial charge < -0.3 is 9.30 Å². The summed E-state index contributed by atoms with van der Waals surface area (Å²) >= 11 is 5.81. The molecule has 2 aromatic carbocycles. The van der Waals surface area contributed by atoms with Gasteiger partial charge in [-0.3, -0.25) is 14.5 Å². The molecular formula is C24H19ClF3N3O3. The quantitative estimate of drug-likeness (QED) is 0.427. The lowest BCUT2D eigenvalue weighted by Crippen LogP contribution is -2.38. The van der Waals surface area contributed by atoms with Gasteiger partial charge in [0.25, 0.3) is 0 Å². The molecule has 5 rings (SSSR count). The zero-order valence-electron chi connectivity index (χ0n) is 17.9. The maximum absolute atomic E-state index is 13.5. The summed E-state index contributed by atoms with van der Waals surface area (Å²) in [5.74, 6) is -0.688. The van der Waals surface area contributed by atoms with Gasteiger partial charge in [-0.25, -0.2) is 4.98 Å². The maximum Gasteiger partial charge on any atom is 0.417 e. The van der Waals surface area contributed by atoms with Gasteiger partial charge in [-0.2, -0.15) is 13.2 Å².